The third kappa shape index (κ3) is 1.75. The fraction of sp³-hybridized carbons (Fsp3) is 0.333. The summed E-state index contributed by atoms with van der Waals surface area (Å²) in [7, 11) is 2.17. The van der Waals surface area contributed by atoms with Crippen LogP contribution < -0.4 is 0 Å². The first-order valence-corrected chi connectivity index (χ1v) is 4.72. The van der Waals surface area contributed by atoms with Crippen molar-refractivity contribution >= 4 is 8.41 Å². The molecule has 1 heterocycles. The summed E-state index contributed by atoms with van der Waals surface area (Å²) in [6.45, 7) is 4.88. The lowest BCUT2D eigenvalue weighted by Gasteiger charge is -2.18. The topological polar surface area (TPSA) is 3.24 Å². The Morgan fingerprint density at radius 3 is 2.93 bits per heavy atom. The molecular formula is C12H15BN. The third-order valence-corrected chi connectivity index (χ3v) is 2.76. The smallest absolute Gasteiger partial charge is 0.0386 e. The Hall–Kier alpha value is -1.02. The maximum Gasteiger partial charge on any atom is 0.0386 e. The lowest BCUT2D eigenvalue weighted by molar-refractivity contribution is 0.270. The van der Waals surface area contributed by atoms with Gasteiger partial charge in [-0.25, -0.2) is 0 Å². The molecule has 0 aromatic heterocycles. The lowest BCUT2D eigenvalue weighted by atomic mass is 10.0. The predicted molar refractivity (Wildman–Crippen MR) is 61.2 cm³/mol. The van der Waals surface area contributed by atoms with Crippen LogP contribution in [0, 0.1) is 0 Å². The molecule has 0 unspecified atom stereocenters. The summed E-state index contributed by atoms with van der Waals surface area (Å²) in [4.78, 5) is 2.38. The summed E-state index contributed by atoms with van der Waals surface area (Å²) >= 11 is 0. The van der Waals surface area contributed by atoms with E-state index < -0.39 is 0 Å². The summed E-state index contributed by atoms with van der Waals surface area (Å²) < 4.78 is 0. The molecule has 2 rings (SSSR count). The van der Waals surface area contributed by atoms with Crippen molar-refractivity contribution in [1.82, 2.24) is 4.90 Å². The molecule has 1 aliphatic heterocycles. The van der Waals surface area contributed by atoms with Gasteiger partial charge in [0.15, 0.2) is 0 Å². The molecule has 1 nitrogen and oxygen atoms in total. The van der Waals surface area contributed by atoms with E-state index in [1.165, 1.54) is 11.1 Å². The number of hydrogen-bond acceptors (Lipinski definition) is 1. The first-order valence-electron chi connectivity index (χ1n) is 4.72. The molecule has 1 aromatic carbocycles. The van der Waals surface area contributed by atoms with Crippen LogP contribution in [-0.2, 0) is 6.54 Å². The van der Waals surface area contributed by atoms with Gasteiger partial charge in [0.25, 0.3) is 0 Å². The second-order valence-corrected chi connectivity index (χ2v) is 3.65. The third-order valence-electron chi connectivity index (χ3n) is 2.76. The number of rotatable bonds is 2. The molecule has 0 saturated heterocycles. The normalized spacial score (nSPS) is 19.9. The second kappa shape index (κ2) is 4.47. The van der Waals surface area contributed by atoms with Gasteiger partial charge in [-0.15, -0.1) is 6.58 Å². The standard InChI is InChI=1S/C12H15N.B/c1-3-6-12-11-8-5-4-7-10(11)9-13(12)2;/h3-5,7-8,12H,1,6,9H2,2H3;/t12-;/m1./s1. The van der Waals surface area contributed by atoms with Crippen molar-refractivity contribution in [2.24, 2.45) is 0 Å². The van der Waals surface area contributed by atoms with Gasteiger partial charge in [0, 0.05) is 21.0 Å². The van der Waals surface area contributed by atoms with Gasteiger partial charge in [-0.05, 0) is 24.6 Å². The minimum atomic E-state index is 0. The Balaban J connectivity index is 0.000000980. The van der Waals surface area contributed by atoms with Crippen molar-refractivity contribution in [3.8, 4) is 0 Å². The van der Waals surface area contributed by atoms with E-state index in [2.05, 4.69) is 42.8 Å². The molecule has 1 aliphatic rings. The Morgan fingerprint density at radius 1 is 1.50 bits per heavy atom. The maximum atomic E-state index is 3.80. The van der Waals surface area contributed by atoms with Crippen molar-refractivity contribution in [1.29, 1.82) is 0 Å². The average molecular weight is 184 g/mol. The zero-order chi connectivity index (χ0) is 9.26. The van der Waals surface area contributed by atoms with Crippen LogP contribution in [0.25, 0.3) is 0 Å². The van der Waals surface area contributed by atoms with E-state index in [0.717, 1.165) is 13.0 Å². The van der Waals surface area contributed by atoms with Crippen LogP contribution in [0.5, 0.6) is 0 Å². The highest BCUT2D eigenvalue weighted by Gasteiger charge is 2.25. The first kappa shape index (κ1) is 11.1. The van der Waals surface area contributed by atoms with Gasteiger partial charge in [-0.3, -0.25) is 4.90 Å². The molecule has 0 bridgehead atoms. The predicted octanol–water partition coefficient (Wildman–Crippen LogP) is 2.37. The van der Waals surface area contributed by atoms with Gasteiger partial charge in [-0.2, -0.15) is 0 Å². The molecule has 1 atom stereocenters. The quantitative estimate of drug-likeness (QED) is 0.503. The molecule has 71 valence electrons. The van der Waals surface area contributed by atoms with Crippen molar-refractivity contribution in [3.05, 3.63) is 48.0 Å². The Morgan fingerprint density at radius 2 is 2.21 bits per heavy atom. The maximum absolute atomic E-state index is 3.80. The molecule has 0 aliphatic carbocycles. The highest BCUT2D eigenvalue weighted by Crippen LogP contribution is 2.34. The van der Waals surface area contributed by atoms with E-state index in [-0.39, 0.29) is 8.41 Å². The molecular weight excluding hydrogens is 169 g/mol. The van der Waals surface area contributed by atoms with Gasteiger partial charge in [0.05, 0.1) is 0 Å². The first-order chi connectivity index (χ1) is 6.33. The van der Waals surface area contributed by atoms with Crippen LogP contribution >= 0.6 is 0 Å². The molecule has 3 radical (unpaired) electrons. The Labute approximate surface area is 88.0 Å². The summed E-state index contributed by atoms with van der Waals surface area (Å²) in [5, 5.41) is 0. The highest BCUT2D eigenvalue weighted by molar-refractivity contribution is 5.75. The fourth-order valence-corrected chi connectivity index (χ4v) is 2.08. The molecule has 1 aromatic rings. The highest BCUT2D eigenvalue weighted by atomic mass is 15.1. The van der Waals surface area contributed by atoms with Gasteiger partial charge in [0.1, 0.15) is 0 Å². The van der Waals surface area contributed by atoms with E-state index in [1.807, 2.05) is 6.08 Å². The van der Waals surface area contributed by atoms with E-state index >= 15 is 0 Å². The lowest BCUT2D eigenvalue weighted by Crippen LogP contribution is -2.15. The SMILES string of the molecule is C=CC[C@@H]1c2ccccc2CN1C.[B]. The van der Waals surface area contributed by atoms with Gasteiger partial charge >= 0.3 is 0 Å². The van der Waals surface area contributed by atoms with E-state index in [4.69, 9.17) is 0 Å². The van der Waals surface area contributed by atoms with Crippen LogP contribution in [0.4, 0.5) is 0 Å². The zero-order valence-corrected chi connectivity index (χ0v) is 8.61. The van der Waals surface area contributed by atoms with E-state index in [1.54, 1.807) is 0 Å². The fourth-order valence-electron chi connectivity index (χ4n) is 2.08. The van der Waals surface area contributed by atoms with E-state index in [0.29, 0.717) is 6.04 Å². The molecule has 0 spiro atoms. The van der Waals surface area contributed by atoms with Gasteiger partial charge < -0.3 is 0 Å². The minimum absolute atomic E-state index is 0. The van der Waals surface area contributed by atoms with Crippen molar-refractivity contribution in [2.75, 3.05) is 7.05 Å². The second-order valence-electron chi connectivity index (χ2n) is 3.65. The Bertz CT molecular complexity index is 322. The van der Waals surface area contributed by atoms with Crippen LogP contribution in [-0.4, -0.2) is 20.4 Å². The molecule has 0 amide bonds. The minimum Gasteiger partial charge on any atom is -0.295 e. The monoisotopic (exact) mass is 184 g/mol. The Kier molecular flexibility index (Phi) is 3.53. The molecule has 2 heteroatoms. The number of hydrogen-bond donors (Lipinski definition) is 0. The molecule has 0 fully saturated rings. The summed E-state index contributed by atoms with van der Waals surface area (Å²) in [6, 6.07) is 9.23. The van der Waals surface area contributed by atoms with Crippen molar-refractivity contribution in [2.45, 2.75) is 19.0 Å². The summed E-state index contributed by atoms with van der Waals surface area (Å²) in [6.07, 6.45) is 3.05. The van der Waals surface area contributed by atoms with Gasteiger partial charge in [-0.1, -0.05) is 30.3 Å². The van der Waals surface area contributed by atoms with Gasteiger partial charge in [0.2, 0.25) is 0 Å². The van der Waals surface area contributed by atoms with Crippen molar-refractivity contribution < 1.29 is 0 Å². The van der Waals surface area contributed by atoms with Crippen LogP contribution in [0.2, 0.25) is 0 Å². The van der Waals surface area contributed by atoms with Crippen LogP contribution in [0.15, 0.2) is 36.9 Å². The molecule has 0 saturated carbocycles. The largest absolute Gasteiger partial charge is 0.295 e. The average Bonchev–Trinajstić information content (AvgIpc) is 2.44. The van der Waals surface area contributed by atoms with Crippen LogP contribution in [0.3, 0.4) is 0 Å². The van der Waals surface area contributed by atoms with Crippen molar-refractivity contribution in [3.63, 3.8) is 0 Å². The molecule has 0 N–H and O–H groups in total. The summed E-state index contributed by atoms with van der Waals surface area (Å²) in [5.74, 6) is 0. The number of nitrogens with zero attached hydrogens (tertiary/aromatic N) is 1. The number of fused-ring (bicyclic) bond motifs is 1. The number of benzene rings is 1. The zero-order valence-electron chi connectivity index (χ0n) is 8.61. The summed E-state index contributed by atoms with van der Waals surface area (Å²) in [5.41, 5.74) is 2.95. The van der Waals surface area contributed by atoms with Crippen LogP contribution in [0.1, 0.15) is 23.6 Å². The van der Waals surface area contributed by atoms with E-state index in [9.17, 15) is 0 Å². The molecule has 14 heavy (non-hydrogen) atoms.